The number of nitrogens with zero attached hydrogens (tertiary/aromatic N) is 5. The van der Waals surface area contributed by atoms with Crippen molar-refractivity contribution in [3.8, 4) is 11.4 Å². The second kappa shape index (κ2) is 8.05. The standard InChI is InChI=1S/C25H22FN5O2/c1-16-14-29(15-28-16)21-9-4-18(13-23(21)33-3)12-22-24(32)31(25-27-10-11-30(22)25)17(2)19-5-7-20(26)8-6-19/h4-15,17H,1-3H3. The van der Waals surface area contributed by atoms with Crippen LogP contribution in [0.15, 0.2) is 72.2 Å². The van der Waals surface area contributed by atoms with E-state index in [9.17, 15) is 9.18 Å². The maximum Gasteiger partial charge on any atom is 0.278 e. The molecule has 0 aliphatic carbocycles. The number of halogens is 1. The van der Waals surface area contributed by atoms with Crippen LogP contribution >= 0.6 is 0 Å². The maximum atomic E-state index is 13.4. The van der Waals surface area contributed by atoms with Crippen molar-refractivity contribution in [3.05, 3.63) is 106 Å². The minimum absolute atomic E-state index is 0.178. The third-order valence-electron chi connectivity index (χ3n) is 5.77. The molecule has 5 rings (SSSR count). The van der Waals surface area contributed by atoms with Crippen LogP contribution in [0, 0.1) is 12.7 Å². The molecule has 0 amide bonds. The molecule has 0 radical (unpaired) electrons. The molecule has 3 aromatic heterocycles. The predicted octanol–water partition coefficient (Wildman–Crippen LogP) is 3.29. The van der Waals surface area contributed by atoms with E-state index >= 15 is 0 Å². The Morgan fingerprint density at radius 2 is 1.91 bits per heavy atom. The quantitative estimate of drug-likeness (QED) is 0.418. The number of aryl methyl sites for hydroxylation is 1. The van der Waals surface area contributed by atoms with Gasteiger partial charge in [-0.25, -0.2) is 14.4 Å². The largest absolute Gasteiger partial charge is 0.495 e. The van der Waals surface area contributed by atoms with Crippen LogP contribution in [0.5, 0.6) is 5.75 Å². The lowest BCUT2D eigenvalue weighted by Gasteiger charge is -2.12. The molecule has 8 heteroatoms. The van der Waals surface area contributed by atoms with E-state index in [-0.39, 0.29) is 17.4 Å². The monoisotopic (exact) mass is 443 g/mol. The first kappa shape index (κ1) is 20.7. The molecule has 0 bridgehead atoms. The lowest BCUT2D eigenvalue weighted by atomic mass is 10.1. The van der Waals surface area contributed by atoms with Gasteiger partial charge < -0.3 is 9.30 Å². The minimum Gasteiger partial charge on any atom is -0.495 e. The van der Waals surface area contributed by atoms with Crippen molar-refractivity contribution in [1.29, 1.82) is 0 Å². The first-order valence-electron chi connectivity index (χ1n) is 10.5. The van der Waals surface area contributed by atoms with E-state index in [0.29, 0.717) is 16.9 Å². The minimum atomic E-state index is -0.316. The van der Waals surface area contributed by atoms with E-state index < -0.39 is 0 Å². The second-order valence-corrected chi connectivity index (χ2v) is 7.88. The highest BCUT2D eigenvalue weighted by molar-refractivity contribution is 5.58. The average molecular weight is 443 g/mol. The Labute approximate surface area is 189 Å². The topological polar surface area (TPSA) is 66.3 Å². The Hall–Kier alpha value is -4.20. The summed E-state index contributed by atoms with van der Waals surface area (Å²) >= 11 is 0. The molecule has 2 aromatic carbocycles. The fourth-order valence-corrected chi connectivity index (χ4v) is 4.06. The summed E-state index contributed by atoms with van der Waals surface area (Å²) < 4.78 is 24.3. The van der Waals surface area contributed by atoms with Crippen molar-refractivity contribution >= 4 is 11.9 Å². The molecule has 33 heavy (non-hydrogen) atoms. The molecule has 0 fully saturated rings. The highest BCUT2D eigenvalue weighted by Gasteiger charge is 2.18. The summed E-state index contributed by atoms with van der Waals surface area (Å²) in [5, 5.41) is 0.477. The van der Waals surface area contributed by atoms with Gasteiger partial charge in [-0.05, 0) is 55.3 Å². The SMILES string of the molecule is COc1cc(C=c2c(=O)n(C(C)c3ccc(F)cc3)c3nccn23)ccc1-n1cnc(C)c1. The van der Waals surface area contributed by atoms with E-state index in [2.05, 4.69) is 9.97 Å². The summed E-state index contributed by atoms with van der Waals surface area (Å²) in [6.07, 6.45) is 8.89. The molecule has 0 N–H and O–H groups in total. The zero-order chi connectivity index (χ0) is 23.1. The summed E-state index contributed by atoms with van der Waals surface area (Å²) in [6.45, 7) is 3.83. The molecule has 1 atom stereocenters. The average Bonchev–Trinajstić information content (AvgIpc) is 3.52. The van der Waals surface area contributed by atoms with Crippen LogP contribution in [0.3, 0.4) is 0 Å². The van der Waals surface area contributed by atoms with Crippen LogP contribution in [-0.2, 0) is 0 Å². The molecule has 5 aromatic rings. The molecule has 7 nitrogen and oxygen atoms in total. The maximum absolute atomic E-state index is 13.4. The Morgan fingerprint density at radius 1 is 1.12 bits per heavy atom. The van der Waals surface area contributed by atoms with Gasteiger partial charge in [-0.3, -0.25) is 13.8 Å². The summed E-state index contributed by atoms with van der Waals surface area (Å²) in [5.41, 5.74) is 3.22. The van der Waals surface area contributed by atoms with E-state index in [0.717, 1.165) is 22.5 Å². The van der Waals surface area contributed by atoms with Gasteiger partial charge in [-0.1, -0.05) is 18.2 Å². The van der Waals surface area contributed by atoms with Gasteiger partial charge in [0.05, 0.1) is 30.9 Å². The van der Waals surface area contributed by atoms with E-state index in [1.165, 1.54) is 12.1 Å². The molecule has 0 saturated carbocycles. The number of ether oxygens (including phenoxy) is 1. The van der Waals surface area contributed by atoms with Crippen LogP contribution in [0.1, 0.15) is 29.8 Å². The number of benzene rings is 2. The Kier molecular flexibility index (Phi) is 5.05. The Bertz CT molecular complexity index is 1560. The van der Waals surface area contributed by atoms with Gasteiger partial charge in [0.25, 0.3) is 5.56 Å². The van der Waals surface area contributed by atoms with Crippen molar-refractivity contribution in [1.82, 2.24) is 23.5 Å². The summed E-state index contributed by atoms with van der Waals surface area (Å²) in [5.74, 6) is 0.874. The van der Waals surface area contributed by atoms with Gasteiger partial charge in [0.1, 0.15) is 16.9 Å². The number of rotatable bonds is 5. The van der Waals surface area contributed by atoms with Gasteiger partial charge in [0.2, 0.25) is 5.78 Å². The number of aromatic nitrogens is 5. The molecule has 166 valence electrons. The Morgan fingerprint density at radius 3 is 2.61 bits per heavy atom. The number of imidazole rings is 3. The fraction of sp³-hybridized carbons (Fsp3) is 0.160. The van der Waals surface area contributed by atoms with Gasteiger partial charge in [0, 0.05) is 18.6 Å². The van der Waals surface area contributed by atoms with Crippen molar-refractivity contribution in [2.45, 2.75) is 19.9 Å². The zero-order valence-corrected chi connectivity index (χ0v) is 18.4. The van der Waals surface area contributed by atoms with Gasteiger partial charge in [0.15, 0.2) is 0 Å². The van der Waals surface area contributed by atoms with E-state index in [4.69, 9.17) is 4.74 Å². The summed E-state index contributed by atoms with van der Waals surface area (Å²) in [7, 11) is 1.61. The molecule has 1 unspecified atom stereocenters. The number of hydrogen-bond donors (Lipinski definition) is 0. The van der Waals surface area contributed by atoms with Crippen LogP contribution in [0.4, 0.5) is 4.39 Å². The molecule has 0 aliphatic rings. The van der Waals surface area contributed by atoms with Gasteiger partial charge >= 0.3 is 0 Å². The number of methoxy groups -OCH3 is 1. The zero-order valence-electron chi connectivity index (χ0n) is 18.4. The van der Waals surface area contributed by atoms with Crippen LogP contribution in [0.25, 0.3) is 17.5 Å². The smallest absolute Gasteiger partial charge is 0.278 e. The van der Waals surface area contributed by atoms with E-state index in [1.807, 2.05) is 48.9 Å². The molecule has 0 aliphatic heterocycles. The lowest BCUT2D eigenvalue weighted by molar-refractivity contribution is 0.413. The highest BCUT2D eigenvalue weighted by Crippen LogP contribution is 2.25. The lowest BCUT2D eigenvalue weighted by Crippen LogP contribution is -2.32. The number of hydrogen-bond acceptors (Lipinski definition) is 4. The number of fused-ring (bicyclic) bond motifs is 1. The van der Waals surface area contributed by atoms with E-state index in [1.54, 1.807) is 46.9 Å². The normalized spacial score (nSPS) is 13.0. The molecular formula is C25H22FN5O2. The first-order valence-corrected chi connectivity index (χ1v) is 10.5. The molecule has 0 spiro atoms. The Balaban J connectivity index is 1.63. The predicted molar refractivity (Wildman–Crippen MR) is 123 cm³/mol. The highest BCUT2D eigenvalue weighted by atomic mass is 19.1. The van der Waals surface area contributed by atoms with Crippen molar-refractivity contribution in [3.63, 3.8) is 0 Å². The first-order chi connectivity index (χ1) is 16.0. The summed E-state index contributed by atoms with van der Waals surface area (Å²) in [6, 6.07) is 11.6. The second-order valence-electron chi connectivity index (χ2n) is 7.88. The van der Waals surface area contributed by atoms with Gasteiger partial charge in [-0.2, -0.15) is 0 Å². The van der Waals surface area contributed by atoms with Crippen LogP contribution < -0.4 is 15.6 Å². The summed E-state index contributed by atoms with van der Waals surface area (Å²) in [4.78, 5) is 22.1. The molecule has 3 heterocycles. The van der Waals surface area contributed by atoms with Crippen molar-refractivity contribution in [2.75, 3.05) is 7.11 Å². The third kappa shape index (κ3) is 3.59. The van der Waals surface area contributed by atoms with Crippen LogP contribution in [0.2, 0.25) is 0 Å². The van der Waals surface area contributed by atoms with Gasteiger partial charge in [-0.15, -0.1) is 0 Å². The fourth-order valence-electron chi connectivity index (χ4n) is 4.06. The van der Waals surface area contributed by atoms with Crippen molar-refractivity contribution < 1.29 is 9.13 Å². The third-order valence-corrected chi connectivity index (χ3v) is 5.77. The van der Waals surface area contributed by atoms with Crippen LogP contribution in [-0.4, -0.2) is 30.6 Å². The molecular weight excluding hydrogens is 421 g/mol. The van der Waals surface area contributed by atoms with Crippen molar-refractivity contribution in [2.24, 2.45) is 0 Å². The molecule has 0 saturated heterocycles.